The highest BCUT2D eigenvalue weighted by molar-refractivity contribution is 8.00. The molecule has 24 heavy (non-hydrogen) atoms. The SMILES string of the molecule is NCCCCNC(=O)C(Sc1ccc(F)c(Cl)c1)c1ccccc1. The predicted octanol–water partition coefficient (Wildman–Crippen LogP) is 4.17. The van der Waals surface area contributed by atoms with Crippen LogP contribution in [0.3, 0.4) is 0 Å². The van der Waals surface area contributed by atoms with Gasteiger partial charge in [0.25, 0.3) is 0 Å². The summed E-state index contributed by atoms with van der Waals surface area (Å²) in [4.78, 5) is 13.3. The molecule has 0 heterocycles. The summed E-state index contributed by atoms with van der Waals surface area (Å²) in [6, 6.07) is 14.0. The molecule has 2 rings (SSSR count). The standard InChI is InChI=1S/C18H20ClFN2OS/c19-15-12-14(8-9-16(15)20)24-17(13-6-2-1-3-7-13)18(23)22-11-5-4-10-21/h1-3,6-9,12,17H,4-5,10-11,21H2,(H,22,23). The van der Waals surface area contributed by atoms with Crippen molar-refractivity contribution in [2.75, 3.05) is 13.1 Å². The van der Waals surface area contributed by atoms with E-state index in [9.17, 15) is 9.18 Å². The lowest BCUT2D eigenvalue weighted by Crippen LogP contribution is -2.29. The van der Waals surface area contributed by atoms with Crippen LogP contribution in [-0.2, 0) is 4.79 Å². The number of nitrogens with one attached hydrogen (secondary N) is 1. The van der Waals surface area contributed by atoms with Crippen molar-refractivity contribution in [1.29, 1.82) is 0 Å². The van der Waals surface area contributed by atoms with E-state index in [4.69, 9.17) is 17.3 Å². The second kappa shape index (κ2) is 9.67. The van der Waals surface area contributed by atoms with Gasteiger partial charge in [-0.25, -0.2) is 4.39 Å². The zero-order valence-corrected chi connectivity index (χ0v) is 14.7. The molecule has 0 saturated carbocycles. The van der Waals surface area contributed by atoms with Gasteiger partial charge in [-0.05, 0) is 43.1 Å². The van der Waals surface area contributed by atoms with Crippen LogP contribution in [0.1, 0.15) is 23.7 Å². The maximum absolute atomic E-state index is 13.3. The van der Waals surface area contributed by atoms with Crippen LogP contribution in [0.4, 0.5) is 4.39 Å². The summed E-state index contributed by atoms with van der Waals surface area (Å²) in [7, 11) is 0. The van der Waals surface area contributed by atoms with Crippen molar-refractivity contribution in [2.24, 2.45) is 5.73 Å². The first-order valence-corrected chi connectivity index (χ1v) is 9.02. The molecular weight excluding hydrogens is 347 g/mol. The van der Waals surface area contributed by atoms with Gasteiger partial charge in [0, 0.05) is 11.4 Å². The van der Waals surface area contributed by atoms with E-state index in [-0.39, 0.29) is 10.9 Å². The molecule has 1 atom stereocenters. The molecule has 0 aliphatic rings. The van der Waals surface area contributed by atoms with E-state index < -0.39 is 11.1 Å². The maximum Gasteiger partial charge on any atom is 0.237 e. The van der Waals surface area contributed by atoms with E-state index in [1.807, 2.05) is 30.3 Å². The molecule has 0 spiro atoms. The fraction of sp³-hybridized carbons (Fsp3) is 0.278. The minimum absolute atomic E-state index is 0.0511. The number of nitrogens with two attached hydrogens (primary N) is 1. The normalized spacial score (nSPS) is 12.0. The molecule has 0 bridgehead atoms. The molecule has 3 nitrogen and oxygen atoms in total. The fourth-order valence-electron chi connectivity index (χ4n) is 2.16. The van der Waals surface area contributed by atoms with Crippen molar-refractivity contribution in [2.45, 2.75) is 23.0 Å². The van der Waals surface area contributed by atoms with E-state index in [0.29, 0.717) is 13.1 Å². The van der Waals surface area contributed by atoms with E-state index in [1.54, 1.807) is 12.1 Å². The highest BCUT2D eigenvalue weighted by atomic mass is 35.5. The summed E-state index contributed by atoms with van der Waals surface area (Å²) in [5.74, 6) is -0.549. The number of hydrogen-bond acceptors (Lipinski definition) is 3. The average Bonchev–Trinajstić information content (AvgIpc) is 2.60. The first-order chi connectivity index (χ1) is 11.6. The van der Waals surface area contributed by atoms with Gasteiger partial charge in [0.2, 0.25) is 5.91 Å². The summed E-state index contributed by atoms with van der Waals surface area (Å²) in [6.45, 7) is 1.20. The summed E-state index contributed by atoms with van der Waals surface area (Å²) in [5, 5.41) is 2.57. The Morgan fingerprint density at radius 3 is 2.62 bits per heavy atom. The summed E-state index contributed by atoms with van der Waals surface area (Å²) < 4.78 is 13.3. The van der Waals surface area contributed by atoms with Crippen molar-refractivity contribution >= 4 is 29.3 Å². The molecule has 3 N–H and O–H groups in total. The highest BCUT2D eigenvalue weighted by Crippen LogP contribution is 2.36. The maximum atomic E-state index is 13.3. The Labute approximate surface area is 150 Å². The average molecular weight is 367 g/mol. The number of benzene rings is 2. The van der Waals surface area contributed by atoms with Gasteiger partial charge < -0.3 is 11.1 Å². The van der Waals surface area contributed by atoms with Crippen molar-refractivity contribution in [3.63, 3.8) is 0 Å². The third-order valence-corrected chi connectivity index (χ3v) is 4.95. The molecule has 0 aliphatic carbocycles. The lowest BCUT2D eigenvalue weighted by molar-refractivity contribution is -0.120. The number of carbonyl (C=O) groups is 1. The smallest absolute Gasteiger partial charge is 0.237 e. The molecule has 1 unspecified atom stereocenters. The van der Waals surface area contributed by atoms with Crippen LogP contribution >= 0.6 is 23.4 Å². The molecule has 0 saturated heterocycles. The summed E-state index contributed by atoms with van der Waals surface area (Å²) in [5.41, 5.74) is 6.35. The van der Waals surface area contributed by atoms with E-state index >= 15 is 0 Å². The molecule has 2 aromatic carbocycles. The predicted molar refractivity (Wildman–Crippen MR) is 97.7 cm³/mol. The van der Waals surface area contributed by atoms with Crippen molar-refractivity contribution < 1.29 is 9.18 Å². The number of hydrogen-bond donors (Lipinski definition) is 2. The number of amides is 1. The molecule has 1 amide bonds. The number of rotatable bonds is 8. The monoisotopic (exact) mass is 366 g/mol. The molecule has 128 valence electrons. The third kappa shape index (κ3) is 5.51. The molecule has 2 aromatic rings. The number of unbranched alkanes of at least 4 members (excludes halogenated alkanes) is 1. The minimum Gasteiger partial charge on any atom is -0.355 e. The van der Waals surface area contributed by atoms with Crippen LogP contribution in [-0.4, -0.2) is 19.0 Å². The number of halogens is 2. The third-order valence-electron chi connectivity index (χ3n) is 3.42. The molecule has 0 fully saturated rings. The Hall–Kier alpha value is -1.56. The quantitative estimate of drug-likeness (QED) is 0.544. The number of carbonyl (C=O) groups excluding carboxylic acids is 1. The van der Waals surface area contributed by atoms with Gasteiger partial charge in [-0.15, -0.1) is 11.8 Å². The van der Waals surface area contributed by atoms with Crippen LogP contribution in [0.2, 0.25) is 5.02 Å². The first-order valence-electron chi connectivity index (χ1n) is 7.76. The first kappa shape index (κ1) is 18.8. The van der Waals surface area contributed by atoms with Gasteiger partial charge in [-0.3, -0.25) is 4.79 Å². The summed E-state index contributed by atoms with van der Waals surface area (Å²) in [6.07, 6.45) is 1.72. The van der Waals surface area contributed by atoms with Crippen LogP contribution in [0.25, 0.3) is 0 Å². The molecule has 0 aliphatic heterocycles. The zero-order chi connectivity index (χ0) is 17.4. The largest absolute Gasteiger partial charge is 0.355 e. The topological polar surface area (TPSA) is 55.1 Å². The van der Waals surface area contributed by atoms with E-state index in [0.717, 1.165) is 23.3 Å². The molecule has 0 radical (unpaired) electrons. The molecule has 0 aromatic heterocycles. The van der Waals surface area contributed by atoms with Crippen molar-refractivity contribution in [3.8, 4) is 0 Å². The van der Waals surface area contributed by atoms with E-state index in [2.05, 4.69) is 5.32 Å². The van der Waals surface area contributed by atoms with Crippen LogP contribution in [0, 0.1) is 5.82 Å². The van der Waals surface area contributed by atoms with Gasteiger partial charge in [0.05, 0.1) is 5.02 Å². The van der Waals surface area contributed by atoms with Crippen LogP contribution in [0.15, 0.2) is 53.4 Å². The van der Waals surface area contributed by atoms with Crippen molar-refractivity contribution in [1.82, 2.24) is 5.32 Å². The van der Waals surface area contributed by atoms with Gasteiger partial charge in [0.1, 0.15) is 11.1 Å². The lowest BCUT2D eigenvalue weighted by atomic mass is 10.1. The molecule has 6 heteroatoms. The van der Waals surface area contributed by atoms with Crippen LogP contribution < -0.4 is 11.1 Å². The van der Waals surface area contributed by atoms with Gasteiger partial charge in [-0.2, -0.15) is 0 Å². The zero-order valence-electron chi connectivity index (χ0n) is 13.2. The highest BCUT2D eigenvalue weighted by Gasteiger charge is 2.22. The molecular formula is C18H20ClFN2OS. The fourth-order valence-corrected chi connectivity index (χ4v) is 3.49. The summed E-state index contributed by atoms with van der Waals surface area (Å²) >= 11 is 7.19. The Morgan fingerprint density at radius 2 is 1.96 bits per heavy atom. The van der Waals surface area contributed by atoms with Gasteiger partial charge >= 0.3 is 0 Å². The van der Waals surface area contributed by atoms with Crippen molar-refractivity contribution in [3.05, 3.63) is 64.9 Å². The van der Waals surface area contributed by atoms with E-state index in [1.165, 1.54) is 17.8 Å². The lowest BCUT2D eigenvalue weighted by Gasteiger charge is -2.17. The van der Waals surface area contributed by atoms with Crippen LogP contribution in [0.5, 0.6) is 0 Å². The Kier molecular flexibility index (Phi) is 7.56. The minimum atomic E-state index is -0.469. The Balaban J connectivity index is 2.13. The van der Waals surface area contributed by atoms with Gasteiger partial charge in [0.15, 0.2) is 0 Å². The number of thioether (sulfide) groups is 1. The Bertz CT molecular complexity index is 669. The Morgan fingerprint density at radius 1 is 1.21 bits per heavy atom. The van der Waals surface area contributed by atoms with Gasteiger partial charge in [-0.1, -0.05) is 41.9 Å². The second-order valence-electron chi connectivity index (χ2n) is 5.27. The second-order valence-corrected chi connectivity index (χ2v) is 6.86.